The monoisotopic (exact) mass is 773 g/mol. The summed E-state index contributed by atoms with van der Waals surface area (Å²) < 4.78 is 86.2. The molecule has 0 fully saturated rings. The standard InChI is InChI=1S/C44H33F6N7/c1-22-7-12-33(37(17-22)44(48,49)50)29-9-15-39-35(20-29)34-19-28(32-13-11-31(18-23(32)2)43(45,46)47)8-14-38(34)57(39)40-16-10-30(41-53-24(3)51-25(4)54-41)21-36(40)42-55-26(5)52-27(6)56-42/h7-21H,1-6H3. The van der Waals surface area contributed by atoms with Crippen LogP contribution in [0.5, 0.6) is 0 Å². The lowest BCUT2D eigenvalue weighted by Crippen LogP contribution is -2.07. The predicted molar refractivity (Wildman–Crippen MR) is 208 cm³/mol. The van der Waals surface area contributed by atoms with Crippen LogP contribution in [0.4, 0.5) is 26.3 Å². The van der Waals surface area contributed by atoms with Crippen molar-refractivity contribution in [2.24, 2.45) is 0 Å². The quantitative estimate of drug-likeness (QED) is 0.162. The Balaban J connectivity index is 1.44. The summed E-state index contributed by atoms with van der Waals surface area (Å²) in [6.07, 6.45) is -9.11. The third-order valence-corrected chi connectivity index (χ3v) is 9.88. The molecule has 0 atom stereocenters. The summed E-state index contributed by atoms with van der Waals surface area (Å²) in [5, 5.41) is 1.30. The first kappa shape index (κ1) is 37.4. The molecule has 0 N–H and O–H groups in total. The Morgan fingerprint density at radius 2 is 0.965 bits per heavy atom. The number of aryl methyl sites for hydroxylation is 6. The van der Waals surface area contributed by atoms with Gasteiger partial charge in [0.1, 0.15) is 23.3 Å². The lowest BCUT2D eigenvalue weighted by Gasteiger charge is -2.16. The highest BCUT2D eigenvalue weighted by Gasteiger charge is 2.34. The van der Waals surface area contributed by atoms with Crippen molar-refractivity contribution >= 4 is 21.8 Å². The SMILES string of the molecule is Cc1ccc(-c2ccc3c(c2)c2cc(-c4ccc(C(F)(F)F)cc4C)ccc2n3-c2ccc(-c3nc(C)nc(C)n3)cc2-c2nc(C)nc(C)n2)c(C(F)(F)F)c1. The van der Waals surface area contributed by atoms with E-state index in [0.29, 0.717) is 101 Å². The summed E-state index contributed by atoms with van der Waals surface area (Å²) >= 11 is 0. The van der Waals surface area contributed by atoms with Crippen LogP contribution in [-0.2, 0) is 12.4 Å². The summed E-state index contributed by atoms with van der Waals surface area (Å²) in [4.78, 5) is 27.3. The molecule has 0 saturated carbocycles. The average Bonchev–Trinajstić information content (AvgIpc) is 3.46. The fourth-order valence-corrected chi connectivity index (χ4v) is 7.46. The van der Waals surface area contributed by atoms with E-state index < -0.39 is 23.5 Å². The predicted octanol–water partition coefficient (Wildman–Crippen LogP) is 11.7. The second kappa shape index (κ2) is 13.6. The van der Waals surface area contributed by atoms with Gasteiger partial charge in [-0.05, 0) is 130 Å². The normalized spacial score (nSPS) is 12.2. The molecule has 3 aromatic heterocycles. The topological polar surface area (TPSA) is 82.3 Å². The fourth-order valence-electron chi connectivity index (χ4n) is 7.46. The summed E-state index contributed by atoms with van der Waals surface area (Å²) in [7, 11) is 0. The van der Waals surface area contributed by atoms with Crippen LogP contribution in [0.2, 0.25) is 0 Å². The largest absolute Gasteiger partial charge is 0.417 e. The second-order valence-electron chi connectivity index (χ2n) is 14.1. The molecule has 5 aromatic carbocycles. The molecule has 0 unspecified atom stereocenters. The van der Waals surface area contributed by atoms with E-state index in [2.05, 4.69) is 19.9 Å². The number of nitrogens with zero attached hydrogens (tertiary/aromatic N) is 7. The molecule has 0 amide bonds. The van der Waals surface area contributed by atoms with Crippen LogP contribution in [0.3, 0.4) is 0 Å². The highest BCUT2D eigenvalue weighted by Crippen LogP contribution is 2.43. The molecule has 286 valence electrons. The lowest BCUT2D eigenvalue weighted by atomic mass is 9.95. The molecule has 8 aromatic rings. The Morgan fingerprint density at radius 1 is 0.439 bits per heavy atom. The first-order valence-corrected chi connectivity index (χ1v) is 17.9. The third kappa shape index (κ3) is 6.98. The summed E-state index contributed by atoms with van der Waals surface area (Å²) in [5.74, 6) is 2.95. The van der Waals surface area contributed by atoms with Gasteiger partial charge < -0.3 is 4.57 Å². The number of halogens is 6. The van der Waals surface area contributed by atoms with Gasteiger partial charge in [0, 0.05) is 21.9 Å². The number of aromatic nitrogens is 7. The zero-order valence-corrected chi connectivity index (χ0v) is 31.6. The maximum Gasteiger partial charge on any atom is 0.417 e. The van der Waals surface area contributed by atoms with Crippen LogP contribution >= 0.6 is 0 Å². The zero-order chi connectivity index (χ0) is 40.6. The van der Waals surface area contributed by atoms with Crippen molar-refractivity contribution in [3.63, 3.8) is 0 Å². The number of alkyl halides is 6. The highest BCUT2D eigenvalue weighted by molar-refractivity contribution is 6.12. The van der Waals surface area contributed by atoms with Gasteiger partial charge in [-0.15, -0.1) is 0 Å². The van der Waals surface area contributed by atoms with E-state index >= 15 is 0 Å². The Hall–Kier alpha value is -6.50. The fraction of sp³-hybridized carbons (Fsp3) is 0.182. The number of fused-ring (bicyclic) bond motifs is 3. The van der Waals surface area contributed by atoms with Gasteiger partial charge in [-0.25, -0.2) is 29.9 Å². The Bertz CT molecular complexity index is 2870. The lowest BCUT2D eigenvalue weighted by molar-refractivity contribution is -0.138. The average molecular weight is 774 g/mol. The van der Waals surface area contributed by atoms with E-state index in [1.807, 2.05) is 41.0 Å². The minimum atomic E-state index is -4.61. The smallest absolute Gasteiger partial charge is 0.308 e. The van der Waals surface area contributed by atoms with Gasteiger partial charge in [0.2, 0.25) is 0 Å². The molecule has 0 radical (unpaired) electrons. The first-order valence-electron chi connectivity index (χ1n) is 17.9. The summed E-state index contributed by atoms with van der Waals surface area (Å²) in [6.45, 7) is 10.3. The molecular formula is C44H33F6N7. The van der Waals surface area contributed by atoms with Gasteiger partial charge in [0.15, 0.2) is 11.6 Å². The molecule has 0 aliphatic heterocycles. The van der Waals surface area contributed by atoms with Crippen molar-refractivity contribution in [1.82, 2.24) is 34.5 Å². The Kier molecular flexibility index (Phi) is 8.94. The molecule has 7 nitrogen and oxygen atoms in total. The van der Waals surface area contributed by atoms with Crippen LogP contribution in [0.15, 0.2) is 91.0 Å². The van der Waals surface area contributed by atoms with E-state index in [1.165, 1.54) is 12.1 Å². The number of rotatable bonds is 5. The molecule has 0 aliphatic rings. The minimum Gasteiger partial charge on any atom is -0.308 e. The van der Waals surface area contributed by atoms with E-state index in [0.717, 1.165) is 18.2 Å². The van der Waals surface area contributed by atoms with Crippen molar-refractivity contribution in [2.45, 2.75) is 53.9 Å². The van der Waals surface area contributed by atoms with Gasteiger partial charge in [0.05, 0.1) is 27.8 Å². The summed E-state index contributed by atoms with van der Waals surface area (Å²) in [5.41, 5.74) is 4.30. The Labute approximate surface area is 323 Å². The van der Waals surface area contributed by atoms with Gasteiger partial charge in [-0.2, -0.15) is 26.3 Å². The molecule has 57 heavy (non-hydrogen) atoms. The van der Waals surface area contributed by atoms with Gasteiger partial charge in [-0.3, -0.25) is 0 Å². The number of hydrogen-bond donors (Lipinski definition) is 0. The van der Waals surface area contributed by atoms with E-state index in [-0.39, 0.29) is 5.56 Å². The van der Waals surface area contributed by atoms with Gasteiger partial charge in [0.25, 0.3) is 0 Å². The van der Waals surface area contributed by atoms with Crippen molar-refractivity contribution in [1.29, 1.82) is 0 Å². The molecular weight excluding hydrogens is 741 g/mol. The van der Waals surface area contributed by atoms with Crippen LogP contribution in [0.1, 0.15) is 45.6 Å². The molecule has 3 heterocycles. The maximum absolute atomic E-state index is 14.4. The summed E-state index contributed by atoms with van der Waals surface area (Å²) in [6, 6.07) is 24.3. The first-order chi connectivity index (χ1) is 26.9. The number of hydrogen-bond acceptors (Lipinski definition) is 6. The van der Waals surface area contributed by atoms with E-state index in [9.17, 15) is 26.3 Å². The van der Waals surface area contributed by atoms with Crippen molar-refractivity contribution in [3.8, 4) is 50.7 Å². The third-order valence-electron chi connectivity index (χ3n) is 9.88. The van der Waals surface area contributed by atoms with Crippen LogP contribution < -0.4 is 0 Å². The Morgan fingerprint density at radius 3 is 1.51 bits per heavy atom. The zero-order valence-electron chi connectivity index (χ0n) is 31.6. The second-order valence-corrected chi connectivity index (χ2v) is 14.1. The molecule has 0 spiro atoms. The van der Waals surface area contributed by atoms with Crippen LogP contribution in [-0.4, -0.2) is 34.5 Å². The minimum absolute atomic E-state index is 0.0229. The molecule has 13 heteroatoms. The van der Waals surface area contributed by atoms with Crippen molar-refractivity contribution < 1.29 is 26.3 Å². The highest BCUT2D eigenvalue weighted by atomic mass is 19.4. The molecule has 0 aliphatic carbocycles. The maximum atomic E-state index is 14.4. The molecule has 8 rings (SSSR count). The van der Waals surface area contributed by atoms with Gasteiger partial charge in [-0.1, -0.05) is 35.9 Å². The van der Waals surface area contributed by atoms with Crippen molar-refractivity contribution in [2.75, 3.05) is 0 Å². The molecule has 0 saturated heterocycles. The number of benzene rings is 5. The van der Waals surface area contributed by atoms with E-state index in [1.54, 1.807) is 65.8 Å². The molecule has 0 bridgehead atoms. The van der Waals surface area contributed by atoms with Gasteiger partial charge >= 0.3 is 12.4 Å². The van der Waals surface area contributed by atoms with Crippen LogP contribution in [0, 0.1) is 41.5 Å². The van der Waals surface area contributed by atoms with Crippen LogP contribution in [0.25, 0.3) is 72.5 Å². The van der Waals surface area contributed by atoms with Crippen molar-refractivity contribution in [3.05, 3.63) is 137 Å². The van der Waals surface area contributed by atoms with E-state index in [4.69, 9.17) is 9.97 Å².